The first-order valence-corrected chi connectivity index (χ1v) is 6.60. The highest BCUT2D eigenvalue weighted by Gasteiger charge is 2.18. The standard InChI is InChI=1S/C17H18O2/c1-2-6-16(17(18)19)15-11-9-14(10-12-15)13-7-4-3-5-8-13/h3-5,7-12,16H,2,6H2,1H3,(H,18,19). The van der Waals surface area contributed by atoms with Crippen molar-refractivity contribution in [2.45, 2.75) is 25.7 Å². The third kappa shape index (κ3) is 3.22. The third-order valence-corrected chi connectivity index (χ3v) is 3.30. The van der Waals surface area contributed by atoms with Crippen molar-refractivity contribution in [1.82, 2.24) is 0 Å². The molecule has 2 aromatic carbocycles. The van der Waals surface area contributed by atoms with Crippen molar-refractivity contribution in [3.8, 4) is 11.1 Å². The van der Waals surface area contributed by atoms with Crippen LogP contribution in [0.3, 0.4) is 0 Å². The summed E-state index contributed by atoms with van der Waals surface area (Å²) in [6.07, 6.45) is 1.55. The van der Waals surface area contributed by atoms with E-state index in [4.69, 9.17) is 0 Å². The van der Waals surface area contributed by atoms with E-state index in [-0.39, 0.29) is 0 Å². The molecule has 0 aliphatic rings. The van der Waals surface area contributed by atoms with Crippen LogP contribution in [-0.2, 0) is 4.79 Å². The molecule has 0 fully saturated rings. The average molecular weight is 254 g/mol. The van der Waals surface area contributed by atoms with Gasteiger partial charge in [-0.1, -0.05) is 67.9 Å². The van der Waals surface area contributed by atoms with Crippen LogP contribution in [0.15, 0.2) is 54.6 Å². The second-order valence-electron chi connectivity index (χ2n) is 4.67. The fraction of sp³-hybridized carbons (Fsp3) is 0.235. The van der Waals surface area contributed by atoms with E-state index in [0.29, 0.717) is 6.42 Å². The van der Waals surface area contributed by atoms with E-state index in [2.05, 4.69) is 12.1 Å². The molecule has 0 amide bonds. The minimum absolute atomic E-state index is 0.394. The Hall–Kier alpha value is -2.09. The summed E-state index contributed by atoms with van der Waals surface area (Å²) in [5.41, 5.74) is 3.15. The van der Waals surface area contributed by atoms with Gasteiger partial charge < -0.3 is 5.11 Å². The minimum Gasteiger partial charge on any atom is -0.481 e. The predicted molar refractivity (Wildman–Crippen MR) is 77.2 cm³/mol. The Morgan fingerprint density at radius 1 is 1.00 bits per heavy atom. The number of aliphatic carboxylic acids is 1. The van der Waals surface area contributed by atoms with Gasteiger partial charge in [-0.05, 0) is 23.1 Å². The van der Waals surface area contributed by atoms with Gasteiger partial charge in [0.25, 0.3) is 0 Å². The molecule has 2 rings (SSSR count). The molecule has 0 radical (unpaired) electrons. The van der Waals surface area contributed by atoms with Crippen molar-refractivity contribution in [3.05, 3.63) is 60.2 Å². The normalized spacial score (nSPS) is 12.1. The second-order valence-corrected chi connectivity index (χ2v) is 4.67. The summed E-state index contributed by atoms with van der Waals surface area (Å²) in [6, 6.07) is 17.9. The molecule has 0 bridgehead atoms. The van der Waals surface area contributed by atoms with Crippen LogP contribution in [0.1, 0.15) is 31.2 Å². The van der Waals surface area contributed by atoms with Gasteiger partial charge in [0.15, 0.2) is 0 Å². The third-order valence-electron chi connectivity index (χ3n) is 3.30. The highest BCUT2D eigenvalue weighted by atomic mass is 16.4. The first-order chi connectivity index (χ1) is 9.22. The molecule has 98 valence electrons. The molecular weight excluding hydrogens is 236 g/mol. The molecule has 1 unspecified atom stereocenters. The van der Waals surface area contributed by atoms with Crippen molar-refractivity contribution in [2.24, 2.45) is 0 Å². The monoisotopic (exact) mass is 254 g/mol. The molecular formula is C17H18O2. The Morgan fingerprint density at radius 3 is 2.11 bits per heavy atom. The number of carbonyl (C=O) groups is 1. The Bertz CT molecular complexity index is 529. The van der Waals surface area contributed by atoms with Gasteiger partial charge in [-0.25, -0.2) is 0 Å². The van der Waals surface area contributed by atoms with Gasteiger partial charge in [-0.15, -0.1) is 0 Å². The van der Waals surface area contributed by atoms with Crippen LogP contribution in [0.5, 0.6) is 0 Å². The maximum absolute atomic E-state index is 11.2. The summed E-state index contributed by atoms with van der Waals surface area (Å²) >= 11 is 0. The van der Waals surface area contributed by atoms with Crippen LogP contribution in [0, 0.1) is 0 Å². The number of hydrogen-bond donors (Lipinski definition) is 1. The molecule has 1 atom stereocenters. The van der Waals surface area contributed by atoms with Crippen LogP contribution >= 0.6 is 0 Å². The average Bonchev–Trinajstić information content (AvgIpc) is 2.46. The van der Waals surface area contributed by atoms with Gasteiger partial charge in [-0.3, -0.25) is 4.79 Å². The summed E-state index contributed by atoms with van der Waals surface area (Å²) in [7, 11) is 0. The quantitative estimate of drug-likeness (QED) is 0.862. The SMILES string of the molecule is CCCC(C(=O)O)c1ccc(-c2ccccc2)cc1. The zero-order valence-corrected chi connectivity index (χ0v) is 11.0. The maximum Gasteiger partial charge on any atom is 0.310 e. The topological polar surface area (TPSA) is 37.3 Å². The molecule has 0 heterocycles. The van der Waals surface area contributed by atoms with Gasteiger partial charge in [0.1, 0.15) is 0 Å². The predicted octanol–water partition coefficient (Wildman–Crippen LogP) is 4.32. The molecule has 0 aliphatic carbocycles. The number of carboxylic acid groups (broad SMARTS) is 1. The zero-order chi connectivity index (χ0) is 13.7. The molecule has 1 N–H and O–H groups in total. The van der Waals surface area contributed by atoms with Crippen molar-refractivity contribution < 1.29 is 9.90 Å². The van der Waals surface area contributed by atoms with Gasteiger partial charge in [0.2, 0.25) is 0 Å². The molecule has 0 saturated carbocycles. The van der Waals surface area contributed by atoms with Crippen LogP contribution in [-0.4, -0.2) is 11.1 Å². The lowest BCUT2D eigenvalue weighted by molar-refractivity contribution is -0.139. The van der Waals surface area contributed by atoms with Crippen molar-refractivity contribution in [3.63, 3.8) is 0 Å². The Balaban J connectivity index is 2.25. The summed E-state index contributed by atoms with van der Waals surface area (Å²) < 4.78 is 0. The lowest BCUT2D eigenvalue weighted by atomic mass is 9.93. The van der Waals surface area contributed by atoms with Crippen molar-refractivity contribution in [1.29, 1.82) is 0 Å². The van der Waals surface area contributed by atoms with E-state index in [1.807, 2.05) is 49.4 Å². The van der Waals surface area contributed by atoms with E-state index in [0.717, 1.165) is 23.1 Å². The zero-order valence-electron chi connectivity index (χ0n) is 11.0. The molecule has 0 aromatic heterocycles. The number of hydrogen-bond acceptors (Lipinski definition) is 1. The Kier molecular flexibility index (Phi) is 4.35. The lowest BCUT2D eigenvalue weighted by Crippen LogP contribution is -2.11. The largest absolute Gasteiger partial charge is 0.481 e. The van der Waals surface area contributed by atoms with E-state index < -0.39 is 11.9 Å². The summed E-state index contributed by atoms with van der Waals surface area (Å²) in [5, 5.41) is 9.24. The number of benzene rings is 2. The van der Waals surface area contributed by atoms with E-state index in [1.54, 1.807) is 0 Å². The summed E-state index contributed by atoms with van der Waals surface area (Å²) in [4.78, 5) is 11.2. The number of carboxylic acids is 1. The fourth-order valence-electron chi connectivity index (χ4n) is 2.26. The van der Waals surface area contributed by atoms with Gasteiger partial charge >= 0.3 is 5.97 Å². The molecule has 2 heteroatoms. The van der Waals surface area contributed by atoms with Crippen molar-refractivity contribution >= 4 is 5.97 Å². The minimum atomic E-state index is -0.741. The van der Waals surface area contributed by atoms with Crippen LogP contribution < -0.4 is 0 Å². The Morgan fingerprint density at radius 2 is 1.58 bits per heavy atom. The van der Waals surface area contributed by atoms with Gasteiger partial charge in [0.05, 0.1) is 5.92 Å². The molecule has 0 saturated heterocycles. The highest BCUT2D eigenvalue weighted by molar-refractivity contribution is 5.76. The molecule has 2 nitrogen and oxygen atoms in total. The smallest absolute Gasteiger partial charge is 0.310 e. The first kappa shape index (κ1) is 13.3. The molecule has 0 aliphatic heterocycles. The van der Waals surface area contributed by atoms with Gasteiger partial charge in [0, 0.05) is 0 Å². The number of rotatable bonds is 5. The fourth-order valence-corrected chi connectivity index (χ4v) is 2.26. The van der Waals surface area contributed by atoms with Crippen LogP contribution in [0.25, 0.3) is 11.1 Å². The van der Waals surface area contributed by atoms with E-state index in [1.165, 1.54) is 0 Å². The first-order valence-electron chi connectivity index (χ1n) is 6.60. The highest BCUT2D eigenvalue weighted by Crippen LogP contribution is 2.25. The second kappa shape index (κ2) is 6.19. The summed E-state index contributed by atoms with van der Waals surface area (Å²) in [6.45, 7) is 2.01. The van der Waals surface area contributed by atoms with Crippen LogP contribution in [0.4, 0.5) is 0 Å². The van der Waals surface area contributed by atoms with Crippen molar-refractivity contribution in [2.75, 3.05) is 0 Å². The molecule has 0 spiro atoms. The van der Waals surface area contributed by atoms with Crippen LogP contribution in [0.2, 0.25) is 0 Å². The Labute approximate surface area is 113 Å². The molecule has 19 heavy (non-hydrogen) atoms. The van der Waals surface area contributed by atoms with E-state index >= 15 is 0 Å². The maximum atomic E-state index is 11.2. The van der Waals surface area contributed by atoms with E-state index in [9.17, 15) is 9.90 Å². The van der Waals surface area contributed by atoms with Gasteiger partial charge in [-0.2, -0.15) is 0 Å². The summed E-state index contributed by atoms with van der Waals surface area (Å²) in [5.74, 6) is -1.14. The molecule has 2 aromatic rings. The lowest BCUT2D eigenvalue weighted by Gasteiger charge is -2.12.